The zero-order valence-electron chi connectivity index (χ0n) is 12.5. The van der Waals surface area contributed by atoms with Crippen molar-refractivity contribution in [2.45, 2.75) is 31.8 Å². The van der Waals surface area contributed by atoms with Gasteiger partial charge < -0.3 is 14.2 Å². The minimum Gasteiger partial charge on any atom is -0.481 e. The van der Waals surface area contributed by atoms with Crippen LogP contribution in [0.15, 0.2) is 12.1 Å². The zero-order valence-corrected chi connectivity index (χ0v) is 13.3. The molecule has 3 heterocycles. The molecule has 1 aliphatic heterocycles. The lowest BCUT2D eigenvalue weighted by atomic mass is 10.2. The summed E-state index contributed by atoms with van der Waals surface area (Å²) in [5.41, 5.74) is 1.81. The van der Waals surface area contributed by atoms with Gasteiger partial charge in [-0.1, -0.05) is 0 Å². The Morgan fingerprint density at radius 3 is 2.90 bits per heavy atom. The minimum absolute atomic E-state index is 0.546. The molecule has 0 amide bonds. The topological polar surface area (TPSA) is 43.2 Å². The number of aromatic nitrogens is 3. The number of rotatable bonds is 5. The highest BCUT2D eigenvalue weighted by molar-refractivity contribution is 6.17. The number of aryl methyl sites for hydroxylation is 1. The van der Waals surface area contributed by atoms with Crippen molar-refractivity contribution in [3.05, 3.63) is 18.0 Å². The minimum atomic E-state index is 0.546. The molecule has 0 saturated carbocycles. The number of methoxy groups -OCH3 is 1. The van der Waals surface area contributed by atoms with Crippen molar-refractivity contribution in [2.24, 2.45) is 0 Å². The van der Waals surface area contributed by atoms with Crippen molar-refractivity contribution in [3.63, 3.8) is 0 Å². The number of ether oxygens (including phenoxy) is 1. The van der Waals surface area contributed by atoms with E-state index in [-0.39, 0.29) is 0 Å². The van der Waals surface area contributed by atoms with E-state index in [1.807, 2.05) is 12.1 Å². The van der Waals surface area contributed by atoms with Gasteiger partial charge in [0.05, 0.1) is 7.11 Å². The van der Waals surface area contributed by atoms with Crippen LogP contribution in [0.5, 0.6) is 5.88 Å². The SMILES string of the molecule is COc1ccc2nc(CCCl)n(CC3CCCN3C)c2n1. The molecule has 0 aromatic carbocycles. The second-order valence-electron chi connectivity index (χ2n) is 5.55. The van der Waals surface area contributed by atoms with E-state index < -0.39 is 0 Å². The molecule has 1 saturated heterocycles. The van der Waals surface area contributed by atoms with Crippen LogP contribution < -0.4 is 4.74 Å². The first-order chi connectivity index (χ1) is 10.2. The van der Waals surface area contributed by atoms with Gasteiger partial charge in [-0.15, -0.1) is 11.6 Å². The van der Waals surface area contributed by atoms with Crippen molar-refractivity contribution >= 4 is 22.8 Å². The van der Waals surface area contributed by atoms with Crippen LogP contribution in [0.2, 0.25) is 0 Å². The Kier molecular flexibility index (Phi) is 4.31. The summed E-state index contributed by atoms with van der Waals surface area (Å²) in [6.07, 6.45) is 3.24. The van der Waals surface area contributed by atoms with Gasteiger partial charge in [-0.05, 0) is 32.5 Å². The number of pyridine rings is 1. The Labute approximate surface area is 129 Å². The molecule has 1 aliphatic rings. The van der Waals surface area contributed by atoms with Gasteiger partial charge in [0.1, 0.15) is 11.3 Å². The molecule has 0 radical (unpaired) electrons. The van der Waals surface area contributed by atoms with Crippen LogP contribution in [-0.4, -0.2) is 52.1 Å². The number of nitrogens with zero attached hydrogens (tertiary/aromatic N) is 4. The first-order valence-electron chi connectivity index (χ1n) is 7.39. The zero-order chi connectivity index (χ0) is 14.8. The van der Waals surface area contributed by atoms with Gasteiger partial charge in [-0.3, -0.25) is 0 Å². The van der Waals surface area contributed by atoms with Crippen LogP contribution in [0.1, 0.15) is 18.7 Å². The Morgan fingerprint density at radius 1 is 1.38 bits per heavy atom. The van der Waals surface area contributed by atoms with Crippen LogP contribution in [0.25, 0.3) is 11.2 Å². The molecule has 0 aliphatic carbocycles. The molecule has 3 rings (SSSR count). The highest BCUT2D eigenvalue weighted by Gasteiger charge is 2.23. The summed E-state index contributed by atoms with van der Waals surface area (Å²) in [5, 5.41) is 0. The third-order valence-corrected chi connectivity index (χ3v) is 4.43. The lowest BCUT2D eigenvalue weighted by Crippen LogP contribution is -2.30. The average Bonchev–Trinajstić information content (AvgIpc) is 3.04. The number of imidazole rings is 1. The second kappa shape index (κ2) is 6.20. The van der Waals surface area contributed by atoms with Gasteiger partial charge in [0.2, 0.25) is 5.88 Å². The molecule has 1 fully saturated rings. The van der Waals surface area contributed by atoms with E-state index in [0.717, 1.165) is 30.0 Å². The first kappa shape index (κ1) is 14.6. The van der Waals surface area contributed by atoms with Gasteiger partial charge in [-0.2, -0.15) is 4.98 Å². The lowest BCUT2D eigenvalue weighted by molar-refractivity contribution is 0.282. The van der Waals surface area contributed by atoms with Gasteiger partial charge in [-0.25, -0.2) is 4.98 Å². The number of hydrogen-bond donors (Lipinski definition) is 0. The van der Waals surface area contributed by atoms with E-state index in [9.17, 15) is 0 Å². The van der Waals surface area contributed by atoms with E-state index >= 15 is 0 Å². The summed E-state index contributed by atoms with van der Waals surface area (Å²) in [7, 11) is 3.82. The summed E-state index contributed by atoms with van der Waals surface area (Å²) in [5.74, 6) is 2.21. The molecule has 1 atom stereocenters. The molecule has 0 N–H and O–H groups in total. The molecule has 1 unspecified atom stereocenters. The molecule has 0 bridgehead atoms. The molecule has 114 valence electrons. The fourth-order valence-electron chi connectivity index (χ4n) is 3.03. The van der Waals surface area contributed by atoms with Crippen molar-refractivity contribution in [2.75, 3.05) is 26.6 Å². The Morgan fingerprint density at radius 2 is 2.24 bits per heavy atom. The van der Waals surface area contributed by atoms with Crippen molar-refractivity contribution < 1.29 is 4.74 Å². The average molecular weight is 309 g/mol. The van der Waals surface area contributed by atoms with Crippen LogP contribution >= 0.6 is 11.6 Å². The van der Waals surface area contributed by atoms with Crippen LogP contribution in [0.3, 0.4) is 0 Å². The third-order valence-electron chi connectivity index (χ3n) is 4.24. The number of hydrogen-bond acceptors (Lipinski definition) is 4. The normalized spacial score (nSPS) is 19.5. The maximum absolute atomic E-state index is 5.93. The Hall–Kier alpha value is -1.33. The summed E-state index contributed by atoms with van der Waals surface area (Å²) >= 11 is 5.93. The monoisotopic (exact) mass is 308 g/mol. The van der Waals surface area contributed by atoms with E-state index in [0.29, 0.717) is 17.8 Å². The molecular weight excluding hydrogens is 288 g/mol. The van der Waals surface area contributed by atoms with E-state index in [1.54, 1.807) is 7.11 Å². The van der Waals surface area contributed by atoms with Crippen molar-refractivity contribution in [1.82, 2.24) is 19.4 Å². The van der Waals surface area contributed by atoms with E-state index in [1.165, 1.54) is 19.4 Å². The number of alkyl halides is 1. The van der Waals surface area contributed by atoms with Crippen molar-refractivity contribution in [3.8, 4) is 5.88 Å². The maximum Gasteiger partial charge on any atom is 0.215 e. The van der Waals surface area contributed by atoms with E-state index in [4.69, 9.17) is 16.3 Å². The lowest BCUT2D eigenvalue weighted by Gasteiger charge is -2.21. The van der Waals surface area contributed by atoms with Crippen LogP contribution in [-0.2, 0) is 13.0 Å². The quantitative estimate of drug-likeness (QED) is 0.795. The molecule has 2 aromatic heterocycles. The van der Waals surface area contributed by atoms with Gasteiger partial charge >= 0.3 is 0 Å². The summed E-state index contributed by atoms with van der Waals surface area (Å²) < 4.78 is 7.46. The number of halogens is 1. The standard InChI is InChI=1S/C15H21ClN4O/c1-19-9-3-4-11(19)10-20-13(7-8-16)17-12-5-6-14(21-2)18-15(12)20/h5-6,11H,3-4,7-10H2,1-2H3. The molecule has 0 spiro atoms. The predicted octanol–water partition coefficient (Wildman–Crippen LogP) is 2.32. The Bertz CT molecular complexity index is 627. The number of likely N-dealkylation sites (N-methyl/N-ethyl adjacent to an activating group) is 1. The smallest absolute Gasteiger partial charge is 0.215 e. The summed E-state index contributed by atoms with van der Waals surface area (Å²) in [6.45, 7) is 2.08. The molecule has 5 nitrogen and oxygen atoms in total. The highest BCUT2D eigenvalue weighted by atomic mass is 35.5. The summed E-state index contributed by atoms with van der Waals surface area (Å²) in [4.78, 5) is 11.7. The van der Waals surface area contributed by atoms with Crippen molar-refractivity contribution in [1.29, 1.82) is 0 Å². The third kappa shape index (κ3) is 2.85. The van der Waals surface area contributed by atoms with E-state index in [2.05, 4.69) is 26.5 Å². The molecule has 6 heteroatoms. The highest BCUT2D eigenvalue weighted by Crippen LogP contribution is 2.23. The molecule has 21 heavy (non-hydrogen) atoms. The number of likely N-dealkylation sites (tertiary alicyclic amines) is 1. The largest absolute Gasteiger partial charge is 0.481 e. The van der Waals surface area contributed by atoms with Gasteiger partial charge in [0, 0.05) is 31.0 Å². The first-order valence-corrected chi connectivity index (χ1v) is 7.92. The molecule has 2 aromatic rings. The predicted molar refractivity (Wildman–Crippen MR) is 84.2 cm³/mol. The summed E-state index contributed by atoms with van der Waals surface area (Å²) in [6, 6.07) is 4.36. The fourth-order valence-corrected chi connectivity index (χ4v) is 3.20. The van der Waals surface area contributed by atoms with Crippen LogP contribution in [0, 0.1) is 0 Å². The Balaban J connectivity index is 2.01. The maximum atomic E-state index is 5.93. The fraction of sp³-hybridized carbons (Fsp3) is 0.600. The van der Waals surface area contributed by atoms with Gasteiger partial charge in [0.25, 0.3) is 0 Å². The van der Waals surface area contributed by atoms with Crippen LogP contribution in [0.4, 0.5) is 0 Å². The number of fused-ring (bicyclic) bond motifs is 1. The second-order valence-corrected chi connectivity index (χ2v) is 5.93. The molecular formula is C15H21ClN4O. The van der Waals surface area contributed by atoms with Gasteiger partial charge in [0.15, 0.2) is 5.65 Å².